The molecule has 0 unspecified atom stereocenters. The van der Waals surface area contributed by atoms with E-state index in [1.165, 1.54) is 4.88 Å². The van der Waals surface area contributed by atoms with Crippen LogP contribution in [0.15, 0.2) is 23.7 Å². The Morgan fingerprint density at radius 3 is 2.94 bits per heavy atom. The highest BCUT2D eigenvalue weighted by atomic mass is 32.1. The van der Waals surface area contributed by atoms with Gasteiger partial charge >= 0.3 is 0 Å². The third-order valence-electron chi connectivity index (χ3n) is 2.22. The fourth-order valence-electron chi connectivity index (χ4n) is 1.61. The molecule has 0 atom stereocenters. The van der Waals surface area contributed by atoms with Crippen molar-refractivity contribution in [1.29, 1.82) is 0 Å². The maximum Gasteiger partial charge on any atom is 0.203 e. The summed E-state index contributed by atoms with van der Waals surface area (Å²) in [4.78, 5) is 5.84. The second-order valence-electron chi connectivity index (χ2n) is 4.21. The summed E-state index contributed by atoms with van der Waals surface area (Å²) < 4.78 is 2.17. The summed E-state index contributed by atoms with van der Waals surface area (Å²) in [5.41, 5.74) is 1.06. The van der Waals surface area contributed by atoms with Gasteiger partial charge in [0, 0.05) is 17.1 Å². The first-order valence-corrected chi connectivity index (χ1v) is 6.36. The maximum absolute atomic E-state index is 4.49. The molecule has 0 bridgehead atoms. The highest BCUT2D eigenvalue weighted by Gasteiger charge is 2.07. The Balaban J connectivity index is 2.19. The van der Waals surface area contributed by atoms with Crippen molar-refractivity contribution in [2.45, 2.75) is 33.4 Å². The van der Waals surface area contributed by atoms with Crippen molar-refractivity contribution in [2.24, 2.45) is 0 Å². The molecule has 3 nitrogen and oxygen atoms in total. The Kier molecular flexibility index (Phi) is 3.29. The molecule has 0 saturated carbocycles. The third kappa shape index (κ3) is 2.64. The average Bonchev–Trinajstić information content (AvgIpc) is 2.77. The van der Waals surface area contributed by atoms with Crippen LogP contribution in [0.4, 0.5) is 5.95 Å². The Bertz CT molecular complexity index is 443. The Morgan fingerprint density at radius 1 is 1.50 bits per heavy atom. The van der Waals surface area contributed by atoms with E-state index < -0.39 is 0 Å². The van der Waals surface area contributed by atoms with Crippen LogP contribution >= 0.6 is 11.3 Å². The number of hydrogen-bond donors (Lipinski definition) is 1. The Labute approximate surface area is 100 Å². The summed E-state index contributed by atoms with van der Waals surface area (Å²) >= 11 is 1.78. The molecule has 0 aliphatic rings. The molecule has 2 heterocycles. The summed E-state index contributed by atoms with van der Waals surface area (Å²) in [5.74, 6) is 0.959. The quantitative estimate of drug-likeness (QED) is 0.882. The molecular formula is C12H17N3S. The van der Waals surface area contributed by atoms with E-state index in [0.717, 1.165) is 18.2 Å². The van der Waals surface area contributed by atoms with E-state index in [-0.39, 0.29) is 0 Å². The molecule has 16 heavy (non-hydrogen) atoms. The fourth-order valence-corrected chi connectivity index (χ4v) is 2.31. The van der Waals surface area contributed by atoms with Gasteiger partial charge in [0.25, 0.3) is 0 Å². The van der Waals surface area contributed by atoms with E-state index in [9.17, 15) is 0 Å². The van der Waals surface area contributed by atoms with Gasteiger partial charge in [-0.1, -0.05) is 6.07 Å². The molecule has 1 N–H and O–H groups in total. The van der Waals surface area contributed by atoms with Crippen LogP contribution in [0.2, 0.25) is 0 Å². The van der Waals surface area contributed by atoms with Crippen LogP contribution in [-0.2, 0) is 6.54 Å². The van der Waals surface area contributed by atoms with Gasteiger partial charge in [-0.3, -0.25) is 0 Å². The van der Waals surface area contributed by atoms with Crippen LogP contribution in [0.25, 0.3) is 0 Å². The molecule has 2 aromatic rings. The number of nitrogens with zero attached hydrogens (tertiary/aromatic N) is 2. The summed E-state index contributed by atoms with van der Waals surface area (Å²) in [6.07, 6.45) is 2.09. The van der Waals surface area contributed by atoms with Crippen LogP contribution < -0.4 is 5.32 Å². The van der Waals surface area contributed by atoms with Gasteiger partial charge in [0.15, 0.2) is 0 Å². The lowest BCUT2D eigenvalue weighted by Gasteiger charge is -2.11. The number of nitrogens with one attached hydrogen (secondary N) is 1. The molecule has 0 aliphatic carbocycles. The van der Waals surface area contributed by atoms with Crippen LogP contribution in [-0.4, -0.2) is 15.6 Å². The summed E-state index contributed by atoms with van der Waals surface area (Å²) in [5, 5.41) is 5.47. The van der Waals surface area contributed by atoms with Gasteiger partial charge < -0.3 is 9.88 Å². The van der Waals surface area contributed by atoms with Crippen LogP contribution in [0.3, 0.4) is 0 Å². The van der Waals surface area contributed by atoms with Crippen LogP contribution in [0.5, 0.6) is 0 Å². The molecule has 0 fully saturated rings. The highest BCUT2D eigenvalue weighted by molar-refractivity contribution is 7.09. The Hall–Kier alpha value is -1.29. The monoisotopic (exact) mass is 235 g/mol. The Morgan fingerprint density at radius 2 is 2.31 bits per heavy atom. The highest BCUT2D eigenvalue weighted by Crippen LogP contribution is 2.16. The molecule has 0 saturated heterocycles. The molecule has 0 amide bonds. The van der Waals surface area contributed by atoms with Gasteiger partial charge in [0.1, 0.15) is 0 Å². The lowest BCUT2D eigenvalue weighted by molar-refractivity contribution is 0.782. The van der Waals surface area contributed by atoms with E-state index in [4.69, 9.17) is 0 Å². The second kappa shape index (κ2) is 4.70. The molecule has 86 valence electrons. The predicted octanol–water partition coefficient (Wildman–Crippen LogP) is 3.12. The van der Waals surface area contributed by atoms with E-state index in [1.54, 1.807) is 11.3 Å². The first-order chi connectivity index (χ1) is 7.65. The largest absolute Gasteiger partial charge is 0.353 e. The number of aryl methyl sites for hydroxylation is 1. The fraction of sp³-hybridized carbons (Fsp3) is 0.417. The van der Waals surface area contributed by atoms with Crippen molar-refractivity contribution in [3.05, 3.63) is 34.3 Å². The SMILES string of the molecule is Cc1cn(Cc2cccs2)c(NC(C)C)n1. The molecule has 0 spiro atoms. The number of anilines is 1. The number of thiophene rings is 1. The van der Waals surface area contributed by atoms with Gasteiger partial charge in [-0.25, -0.2) is 4.98 Å². The minimum atomic E-state index is 0.406. The zero-order chi connectivity index (χ0) is 11.5. The van der Waals surface area contributed by atoms with Crippen molar-refractivity contribution in [1.82, 2.24) is 9.55 Å². The van der Waals surface area contributed by atoms with E-state index in [1.807, 2.05) is 6.92 Å². The number of rotatable bonds is 4. The molecule has 0 radical (unpaired) electrons. The smallest absolute Gasteiger partial charge is 0.203 e. The molecule has 0 aromatic carbocycles. The molecular weight excluding hydrogens is 218 g/mol. The maximum atomic E-state index is 4.49. The van der Waals surface area contributed by atoms with Gasteiger partial charge in [0.05, 0.1) is 12.2 Å². The molecule has 4 heteroatoms. The van der Waals surface area contributed by atoms with Crippen molar-refractivity contribution >= 4 is 17.3 Å². The zero-order valence-corrected chi connectivity index (χ0v) is 10.7. The third-order valence-corrected chi connectivity index (χ3v) is 3.08. The van der Waals surface area contributed by atoms with E-state index in [0.29, 0.717) is 6.04 Å². The first kappa shape index (κ1) is 11.2. The van der Waals surface area contributed by atoms with Crippen molar-refractivity contribution in [2.75, 3.05) is 5.32 Å². The van der Waals surface area contributed by atoms with Gasteiger partial charge in [-0.2, -0.15) is 0 Å². The predicted molar refractivity (Wildman–Crippen MR) is 69.1 cm³/mol. The standard InChI is InChI=1S/C12H17N3S/c1-9(2)13-12-14-10(3)7-15(12)8-11-5-4-6-16-11/h4-7,9H,8H2,1-3H3,(H,13,14). The lowest BCUT2D eigenvalue weighted by atomic mass is 10.4. The lowest BCUT2D eigenvalue weighted by Crippen LogP contribution is -2.14. The minimum Gasteiger partial charge on any atom is -0.353 e. The second-order valence-corrected chi connectivity index (χ2v) is 5.24. The zero-order valence-electron chi connectivity index (χ0n) is 9.90. The summed E-state index contributed by atoms with van der Waals surface area (Å²) in [6, 6.07) is 4.64. The first-order valence-electron chi connectivity index (χ1n) is 5.48. The van der Waals surface area contributed by atoms with Gasteiger partial charge in [0.2, 0.25) is 5.95 Å². The van der Waals surface area contributed by atoms with Crippen molar-refractivity contribution in [3.8, 4) is 0 Å². The van der Waals surface area contributed by atoms with Crippen molar-refractivity contribution < 1.29 is 0 Å². The van der Waals surface area contributed by atoms with Crippen LogP contribution in [0, 0.1) is 6.92 Å². The number of aromatic nitrogens is 2. The molecule has 0 aliphatic heterocycles. The number of hydrogen-bond acceptors (Lipinski definition) is 3. The van der Waals surface area contributed by atoms with Crippen molar-refractivity contribution in [3.63, 3.8) is 0 Å². The minimum absolute atomic E-state index is 0.406. The summed E-state index contributed by atoms with van der Waals surface area (Å²) in [7, 11) is 0. The van der Waals surface area contributed by atoms with E-state index in [2.05, 4.69) is 52.4 Å². The van der Waals surface area contributed by atoms with E-state index >= 15 is 0 Å². The molecule has 2 rings (SSSR count). The molecule has 2 aromatic heterocycles. The average molecular weight is 235 g/mol. The topological polar surface area (TPSA) is 29.9 Å². The summed E-state index contributed by atoms with van der Waals surface area (Å²) in [6.45, 7) is 7.17. The number of imidazole rings is 1. The van der Waals surface area contributed by atoms with Crippen LogP contribution in [0.1, 0.15) is 24.4 Å². The van der Waals surface area contributed by atoms with Gasteiger partial charge in [-0.15, -0.1) is 11.3 Å². The van der Waals surface area contributed by atoms with Gasteiger partial charge in [-0.05, 0) is 32.2 Å². The normalized spacial score (nSPS) is 11.0.